The van der Waals surface area contributed by atoms with Crippen molar-refractivity contribution in [1.82, 2.24) is 4.90 Å². The number of carbonyl (C=O) groups is 1. The van der Waals surface area contributed by atoms with Crippen molar-refractivity contribution >= 4 is 29.0 Å². The molecule has 1 atom stereocenters. The molecule has 1 aromatic heterocycles. The molecular weight excluding hydrogens is 254 g/mol. The topological polar surface area (TPSA) is 40.5 Å². The summed E-state index contributed by atoms with van der Waals surface area (Å²) in [6.07, 6.45) is 0. The highest BCUT2D eigenvalue weighted by atomic mass is 32.2. The van der Waals surface area contributed by atoms with Crippen molar-refractivity contribution in [2.24, 2.45) is 5.92 Å². The van der Waals surface area contributed by atoms with Gasteiger partial charge in [-0.2, -0.15) is 23.1 Å². The minimum absolute atomic E-state index is 0.145. The van der Waals surface area contributed by atoms with Gasteiger partial charge in [0.1, 0.15) is 0 Å². The SMILES string of the molecule is CC(CO)CSCC(=O)N(C)Cc1ccsc1. The molecule has 0 aliphatic carbocycles. The first-order chi connectivity index (χ1) is 8.13. The number of hydrogen-bond donors (Lipinski definition) is 1. The van der Waals surface area contributed by atoms with E-state index < -0.39 is 0 Å². The standard InChI is InChI=1S/C12H19NO2S2/c1-10(6-14)7-17-9-12(15)13(2)5-11-3-4-16-8-11/h3-4,8,10,14H,5-7,9H2,1-2H3. The van der Waals surface area contributed by atoms with Gasteiger partial charge < -0.3 is 10.0 Å². The monoisotopic (exact) mass is 273 g/mol. The van der Waals surface area contributed by atoms with Crippen molar-refractivity contribution in [3.05, 3.63) is 22.4 Å². The lowest BCUT2D eigenvalue weighted by molar-refractivity contribution is -0.127. The molecule has 0 radical (unpaired) electrons. The molecule has 5 heteroatoms. The lowest BCUT2D eigenvalue weighted by Gasteiger charge is -2.16. The van der Waals surface area contributed by atoms with Crippen LogP contribution in [0.4, 0.5) is 0 Å². The summed E-state index contributed by atoms with van der Waals surface area (Å²) < 4.78 is 0. The van der Waals surface area contributed by atoms with E-state index in [4.69, 9.17) is 5.11 Å². The first-order valence-electron chi connectivity index (χ1n) is 5.57. The maximum atomic E-state index is 11.8. The molecule has 0 aliphatic heterocycles. The number of thiophene rings is 1. The van der Waals surface area contributed by atoms with E-state index in [0.29, 0.717) is 12.3 Å². The Morgan fingerprint density at radius 1 is 1.65 bits per heavy atom. The molecule has 1 heterocycles. The third kappa shape index (κ3) is 5.57. The van der Waals surface area contributed by atoms with E-state index >= 15 is 0 Å². The zero-order chi connectivity index (χ0) is 12.7. The first-order valence-corrected chi connectivity index (χ1v) is 7.67. The van der Waals surface area contributed by atoms with E-state index in [2.05, 4.69) is 5.38 Å². The van der Waals surface area contributed by atoms with E-state index in [1.54, 1.807) is 28.0 Å². The Morgan fingerprint density at radius 3 is 3.00 bits per heavy atom. The highest BCUT2D eigenvalue weighted by molar-refractivity contribution is 7.99. The summed E-state index contributed by atoms with van der Waals surface area (Å²) in [7, 11) is 1.83. The molecule has 1 N–H and O–H groups in total. The second-order valence-corrected chi connectivity index (χ2v) is 5.99. The molecule has 1 unspecified atom stereocenters. The van der Waals surface area contributed by atoms with E-state index in [9.17, 15) is 4.79 Å². The molecule has 1 amide bonds. The number of rotatable bonds is 7. The van der Waals surface area contributed by atoms with Crippen molar-refractivity contribution in [3.8, 4) is 0 Å². The Kier molecular flexibility index (Phi) is 6.62. The van der Waals surface area contributed by atoms with Crippen LogP contribution in [-0.4, -0.2) is 41.1 Å². The summed E-state index contributed by atoms with van der Waals surface area (Å²) in [6.45, 7) is 2.84. The predicted octanol–water partition coefficient (Wildman–Crippen LogP) is 2.07. The molecule has 0 aliphatic rings. The number of aliphatic hydroxyl groups is 1. The predicted molar refractivity (Wildman–Crippen MR) is 74.4 cm³/mol. The fourth-order valence-electron chi connectivity index (χ4n) is 1.25. The second-order valence-electron chi connectivity index (χ2n) is 4.18. The lowest BCUT2D eigenvalue weighted by atomic mass is 10.2. The summed E-state index contributed by atoms with van der Waals surface area (Å²) in [6, 6.07) is 2.04. The Morgan fingerprint density at radius 2 is 2.41 bits per heavy atom. The van der Waals surface area contributed by atoms with Gasteiger partial charge in [-0.25, -0.2) is 0 Å². The van der Waals surface area contributed by atoms with Crippen molar-refractivity contribution in [3.63, 3.8) is 0 Å². The van der Waals surface area contributed by atoms with Crippen molar-refractivity contribution in [1.29, 1.82) is 0 Å². The highest BCUT2D eigenvalue weighted by Gasteiger charge is 2.10. The van der Waals surface area contributed by atoms with Crippen molar-refractivity contribution in [2.75, 3.05) is 25.2 Å². The molecule has 17 heavy (non-hydrogen) atoms. The third-order valence-corrected chi connectivity index (χ3v) is 4.35. The largest absolute Gasteiger partial charge is 0.396 e. The molecule has 0 spiro atoms. The number of aliphatic hydroxyl groups excluding tert-OH is 1. The van der Waals surface area contributed by atoms with E-state index in [0.717, 1.165) is 5.75 Å². The fourth-order valence-corrected chi connectivity index (χ4v) is 2.94. The number of hydrogen-bond acceptors (Lipinski definition) is 4. The number of amides is 1. The van der Waals surface area contributed by atoms with Gasteiger partial charge in [-0.1, -0.05) is 6.92 Å². The quantitative estimate of drug-likeness (QED) is 0.827. The Hall–Kier alpha value is -0.520. The zero-order valence-electron chi connectivity index (χ0n) is 10.3. The molecule has 1 aromatic rings. The Bertz CT molecular complexity index is 327. The molecule has 0 bridgehead atoms. The van der Waals surface area contributed by atoms with Gasteiger partial charge in [-0.3, -0.25) is 4.79 Å². The van der Waals surface area contributed by atoms with Crippen LogP contribution in [0.25, 0.3) is 0 Å². The maximum Gasteiger partial charge on any atom is 0.232 e. The van der Waals surface area contributed by atoms with Crippen LogP contribution in [0.3, 0.4) is 0 Å². The van der Waals surface area contributed by atoms with Gasteiger partial charge in [0, 0.05) is 20.2 Å². The lowest BCUT2D eigenvalue weighted by Crippen LogP contribution is -2.28. The van der Waals surface area contributed by atoms with Crippen LogP contribution in [0, 0.1) is 5.92 Å². The van der Waals surface area contributed by atoms with Crippen molar-refractivity contribution in [2.45, 2.75) is 13.5 Å². The fraction of sp³-hybridized carbons (Fsp3) is 0.583. The van der Waals surface area contributed by atoms with Crippen LogP contribution in [0.15, 0.2) is 16.8 Å². The van der Waals surface area contributed by atoms with Gasteiger partial charge in [0.25, 0.3) is 0 Å². The molecular formula is C12H19NO2S2. The molecule has 0 saturated carbocycles. The average Bonchev–Trinajstić information content (AvgIpc) is 2.81. The summed E-state index contributed by atoms with van der Waals surface area (Å²) >= 11 is 3.23. The van der Waals surface area contributed by atoms with Crippen molar-refractivity contribution < 1.29 is 9.90 Å². The number of carbonyl (C=O) groups excluding carboxylic acids is 1. The average molecular weight is 273 g/mol. The van der Waals surface area contributed by atoms with Gasteiger partial charge in [-0.05, 0) is 34.1 Å². The van der Waals surface area contributed by atoms with Gasteiger partial charge in [0.15, 0.2) is 0 Å². The zero-order valence-corrected chi connectivity index (χ0v) is 11.9. The normalized spacial score (nSPS) is 12.4. The molecule has 0 saturated heterocycles. The third-order valence-electron chi connectivity index (χ3n) is 2.37. The van der Waals surface area contributed by atoms with E-state index in [1.807, 2.05) is 25.4 Å². The van der Waals surface area contributed by atoms with E-state index in [1.165, 1.54) is 5.56 Å². The van der Waals surface area contributed by atoms with Crippen LogP contribution in [0.5, 0.6) is 0 Å². The Labute approximate surface area is 111 Å². The first kappa shape index (κ1) is 14.5. The Balaban J connectivity index is 2.23. The summed E-state index contributed by atoms with van der Waals surface area (Å²) in [4.78, 5) is 13.5. The van der Waals surface area contributed by atoms with Crippen LogP contribution in [-0.2, 0) is 11.3 Å². The van der Waals surface area contributed by atoms with Gasteiger partial charge >= 0.3 is 0 Å². The van der Waals surface area contributed by atoms with Gasteiger partial charge in [0.2, 0.25) is 5.91 Å². The van der Waals surface area contributed by atoms with Crippen LogP contribution < -0.4 is 0 Å². The molecule has 96 valence electrons. The molecule has 0 fully saturated rings. The summed E-state index contributed by atoms with van der Waals surface area (Å²) in [5.41, 5.74) is 1.18. The molecule has 1 rings (SSSR count). The minimum atomic E-state index is 0.145. The second kappa shape index (κ2) is 7.74. The molecule has 0 aromatic carbocycles. The van der Waals surface area contributed by atoms with Gasteiger partial charge in [0.05, 0.1) is 5.75 Å². The van der Waals surface area contributed by atoms with Crippen LogP contribution >= 0.6 is 23.1 Å². The summed E-state index contributed by atoms with van der Waals surface area (Å²) in [5.74, 6) is 1.72. The highest BCUT2D eigenvalue weighted by Crippen LogP contribution is 2.11. The van der Waals surface area contributed by atoms with Crippen LogP contribution in [0.1, 0.15) is 12.5 Å². The van der Waals surface area contributed by atoms with E-state index in [-0.39, 0.29) is 18.4 Å². The minimum Gasteiger partial charge on any atom is -0.396 e. The number of nitrogens with zero attached hydrogens (tertiary/aromatic N) is 1. The smallest absolute Gasteiger partial charge is 0.232 e. The van der Waals surface area contributed by atoms with Gasteiger partial charge in [-0.15, -0.1) is 0 Å². The summed E-state index contributed by atoms with van der Waals surface area (Å²) in [5, 5.41) is 13.0. The van der Waals surface area contributed by atoms with Crippen LogP contribution in [0.2, 0.25) is 0 Å². The molecule has 3 nitrogen and oxygen atoms in total. The number of thioether (sulfide) groups is 1. The maximum absolute atomic E-state index is 11.8.